The maximum atomic E-state index is 12.3. The van der Waals surface area contributed by atoms with E-state index in [-0.39, 0.29) is 10.1 Å². The van der Waals surface area contributed by atoms with Crippen molar-refractivity contribution in [3.05, 3.63) is 28.8 Å². The number of nitrogens with one attached hydrogen (secondary N) is 1. The van der Waals surface area contributed by atoms with Gasteiger partial charge in [-0.05, 0) is 12.1 Å². The zero-order valence-corrected chi connectivity index (χ0v) is 6.67. The smallest absolute Gasteiger partial charge is 0.304 e. The van der Waals surface area contributed by atoms with Crippen LogP contribution in [0.1, 0.15) is 0 Å². The van der Waals surface area contributed by atoms with Crippen LogP contribution in [0.2, 0.25) is 0 Å². The van der Waals surface area contributed by atoms with E-state index < -0.39 is 17.6 Å². The number of aromatic amines is 1. The Morgan fingerprint density at radius 2 is 2.14 bits per heavy atom. The van der Waals surface area contributed by atoms with Crippen molar-refractivity contribution in [2.45, 2.75) is 6.30 Å². The number of fused-ring (bicyclic) bond motifs is 1. The van der Waals surface area contributed by atoms with Gasteiger partial charge in [-0.15, -0.1) is 13.2 Å². The molecular formula is C7H4F3N3O. The quantitative estimate of drug-likeness (QED) is 0.699. The standard InChI is InChI=1S/C7H4F3N3O/c8-7(9,10)13-5-4(12-6(13)14)2-1-3-11-5/h1-3H,(H,12,14). The Hall–Kier alpha value is -1.79. The molecule has 0 spiro atoms. The molecule has 0 aliphatic heterocycles. The lowest BCUT2D eigenvalue weighted by Crippen LogP contribution is -2.28. The second-order valence-electron chi connectivity index (χ2n) is 2.61. The molecule has 2 heterocycles. The summed E-state index contributed by atoms with van der Waals surface area (Å²) in [5.74, 6) is 0. The lowest BCUT2D eigenvalue weighted by molar-refractivity contribution is -0.203. The highest BCUT2D eigenvalue weighted by atomic mass is 19.4. The number of aromatic nitrogens is 3. The van der Waals surface area contributed by atoms with Crippen LogP contribution in [-0.4, -0.2) is 14.5 Å². The Balaban J connectivity index is 2.88. The summed E-state index contributed by atoms with van der Waals surface area (Å²) >= 11 is 0. The largest absolute Gasteiger partial charge is 0.494 e. The molecule has 0 unspecified atom stereocenters. The minimum absolute atomic E-state index is 0.0647. The Labute approximate surface area is 75.0 Å². The van der Waals surface area contributed by atoms with Crippen LogP contribution in [0.3, 0.4) is 0 Å². The molecule has 2 aromatic rings. The van der Waals surface area contributed by atoms with Crippen LogP contribution in [-0.2, 0) is 6.30 Å². The number of imidazole rings is 1. The van der Waals surface area contributed by atoms with Crippen molar-refractivity contribution >= 4 is 11.2 Å². The Bertz CT molecular complexity index is 525. The van der Waals surface area contributed by atoms with Crippen molar-refractivity contribution < 1.29 is 13.2 Å². The monoisotopic (exact) mass is 203 g/mol. The number of nitrogens with zero attached hydrogens (tertiary/aromatic N) is 2. The fourth-order valence-electron chi connectivity index (χ4n) is 1.18. The maximum Gasteiger partial charge on any atom is 0.494 e. The van der Waals surface area contributed by atoms with Crippen molar-refractivity contribution in [2.75, 3.05) is 0 Å². The highest BCUT2D eigenvalue weighted by Gasteiger charge is 2.35. The van der Waals surface area contributed by atoms with Crippen LogP contribution in [0.25, 0.3) is 11.2 Å². The molecule has 74 valence electrons. The summed E-state index contributed by atoms with van der Waals surface area (Å²) in [5.41, 5.74) is -1.58. The maximum absolute atomic E-state index is 12.3. The molecule has 0 amide bonds. The molecule has 2 rings (SSSR count). The van der Waals surface area contributed by atoms with E-state index in [1.54, 1.807) is 0 Å². The van der Waals surface area contributed by atoms with Gasteiger partial charge in [-0.1, -0.05) is 0 Å². The zero-order valence-electron chi connectivity index (χ0n) is 6.67. The van der Waals surface area contributed by atoms with Gasteiger partial charge in [-0.2, -0.15) is 4.57 Å². The van der Waals surface area contributed by atoms with E-state index in [0.29, 0.717) is 0 Å². The average Bonchev–Trinajstić information content (AvgIpc) is 2.38. The Morgan fingerprint density at radius 3 is 2.79 bits per heavy atom. The summed E-state index contributed by atoms with van der Waals surface area (Å²) in [6, 6.07) is 2.80. The fraction of sp³-hybridized carbons (Fsp3) is 0.143. The normalized spacial score (nSPS) is 12.2. The summed E-state index contributed by atoms with van der Waals surface area (Å²) in [7, 11) is 0. The first-order chi connectivity index (χ1) is 6.50. The van der Waals surface area contributed by atoms with Gasteiger partial charge in [0.05, 0.1) is 5.52 Å². The first-order valence-electron chi connectivity index (χ1n) is 3.63. The third-order valence-electron chi connectivity index (χ3n) is 1.70. The molecular weight excluding hydrogens is 199 g/mol. The highest BCUT2D eigenvalue weighted by molar-refractivity contribution is 5.70. The SMILES string of the molecule is O=c1[nH]c2cccnc2n1C(F)(F)F. The van der Waals surface area contributed by atoms with Crippen molar-refractivity contribution in [2.24, 2.45) is 0 Å². The zero-order chi connectivity index (χ0) is 10.3. The van der Waals surface area contributed by atoms with E-state index in [0.717, 1.165) is 0 Å². The van der Waals surface area contributed by atoms with E-state index in [2.05, 4.69) is 9.97 Å². The number of halogens is 3. The second-order valence-corrected chi connectivity index (χ2v) is 2.61. The summed E-state index contributed by atoms with van der Waals surface area (Å²) in [6.45, 7) is 0. The molecule has 0 radical (unpaired) electrons. The van der Waals surface area contributed by atoms with E-state index >= 15 is 0 Å². The molecule has 0 aliphatic rings. The molecule has 14 heavy (non-hydrogen) atoms. The number of H-pyrrole nitrogens is 1. The van der Waals surface area contributed by atoms with Crippen molar-refractivity contribution in [3.63, 3.8) is 0 Å². The number of hydrogen-bond donors (Lipinski definition) is 1. The third kappa shape index (κ3) is 1.17. The lowest BCUT2D eigenvalue weighted by atomic mass is 10.4. The van der Waals surface area contributed by atoms with Gasteiger partial charge in [0.25, 0.3) is 0 Å². The minimum Gasteiger partial charge on any atom is -0.304 e. The summed E-state index contributed by atoms with van der Waals surface area (Å²) in [4.78, 5) is 16.5. The molecule has 1 N–H and O–H groups in total. The van der Waals surface area contributed by atoms with Gasteiger partial charge in [0.2, 0.25) is 0 Å². The highest BCUT2D eigenvalue weighted by Crippen LogP contribution is 2.23. The lowest BCUT2D eigenvalue weighted by Gasteiger charge is -2.05. The average molecular weight is 203 g/mol. The van der Waals surface area contributed by atoms with Crippen LogP contribution in [0, 0.1) is 0 Å². The van der Waals surface area contributed by atoms with Crippen LogP contribution in [0.15, 0.2) is 23.1 Å². The van der Waals surface area contributed by atoms with Gasteiger partial charge < -0.3 is 4.98 Å². The summed E-state index contributed by atoms with van der Waals surface area (Å²) in [5, 5.41) is 0. The molecule has 0 atom stereocenters. The molecule has 4 nitrogen and oxygen atoms in total. The fourth-order valence-corrected chi connectivity index (χ4v) is 1.18. The summed E-state index contributed by atoms with van der Waals surface area (Å²) in [6.07, 6.45) is -3.55. The van der Waals surface area contributed by atoms with Gasteiger partial charge in [0, 0.05) is 6.20 Å². The molecule has 0 bridgehead atoms. The van der Waals surface area contributed by atoms with E-state index in [1.165, 1.54) is 18.3 Å². The molecule has 0 saturated carbocycles. The Morgan fingerprint density at radius 1 is 1.43 bits per heavy atom. The van der Waals surface area contributed by atoms with Gasteiger partial charge in [0.1, 0.15) is 0 Å². The van der Waals surface area contributed by atoms with Gasteiger partial charge in [-0.25, -0.2) is 9.78 Å². The molecule has 0 aromatic carbocycles. The van der Waals surface area contributed by atoms with Crippen molar-refractivity contribution in [1.29, 1.82) is 0 Å². The molecule has 0 aliphatic carbocycles. The van der Waals surface area contributed by atoms with Gasteiger partial charge in [-0.3, -0.25) is 0 Å². The number of pyridine rings is 1. The molecule has 0 saturated heterocycles. The van der Waals surface area contributed by atoms with E-state index in [1.807, 2.05) is 0 Å². The number of hydrogen-bond acceptors (Lipinski definition) is 2. The van der Waals surface area contributed by atoms with Crippen LogP contribution in [0.4, 0.5) is 13.2 Å². The summed E-state index contributed by atoms with van der Waals surface area (Å²) < 4.78 is 36.6. The number of alkyl halides is 3. The third-order valence-corrected chi connectivity index (χ3v) is 1.70. The first-order valence-corrected chi connectivity index (χ1v) is 3.63. The van der Waals surface area contributed by atoms with Crippen LogP contribution >= 0.6 is 0 Å². The van der Waals surface area contributed by atoms with Crippen molar-refractivity contribution in [3.8, 4) is 0 Å². The van der Waals surface area contributed by atoms with Gasteiger partial charge >= 0.3 is 12.0 Å². The van der Waals surface area contributed by atoms with Crippen LogP contribution in [0.5, 0.6) is 0 Å². The van der Waals surface area contributed by atoms with E-state index in [4.69, 9.17) is 0 Å². The predicted molar refractivity (Wildman–Crippen MR) is 41.7 cm³/mol. The first kappa shape index (κ1) is 8.79. The van der Waals surface area contributed by atoms with Gasteiger partial charge in [0.15, 0.2) is 5.65 Å². The number of rotatable bonds is 0. The van der Waals surface area contributed by atoms with Crippen molar-refractivity contribution in [1.82, 2.24) is 14.5 Å². The minimum atomic E-state index is -4.75. The van der Waals surface area contributed by atoms with Crippen LogP contribution < -0.4 is 5.69 Å². The topological polar surface area (TPSA) is 50.7 Å². The molecule has 2 aromatic heterocycles. The second kappa shape index (κ2) is 2.60. The molecule has 7 heteroatoms. The van der Waals surface area contributed by atoms with E-state index in [9.17, 15) is 18.0 Å². The molecule has 0 fully saturated rings. The predicted octanol–water partition coefficient (Wildman–Crippen LogP) is 1.20. The Kier molecular flexibility index (Phi) is 1.63.